The Morgan fingerprint density at radius 1 is 1.16 bits per heavy atom. The highest BCUT2D eigenvalue weighted by molar-refractivity contribution is 7.80. The van der Waals surface area contributed by atoms with Crippen LogP contribution in [-0.4, -0.2) is 35.8 Å². The number of H-pyrrole nitrogens is 1. The third-order valence-electron chi connectivity index (χ3n) is 4.22. The zero-order valence-electron chi connectivity index (χ0n) is 18.4. The minimum absolute atomic E-state index is 0.0914. The number of aromatic amines is 1. The molecule has 3 aromatic rings. The third-order valence-corrected chi connectivity index (χ3v) is 4.50. The molecule has 0 atom stereocenters. The number of hydrogen-bond acceptors (Lipinski definition) is 6. The van der Waals surface area contributed by atoms with Gasteiger partial charge in [0, 0.05) is 29.4 Å². The van der Waals surface area contributed by atoms with Crippen molar-refractivity contribution in [3.8, 4) is 0 Å². The van der Waals surface area contributed by atoms with Crippen molar-refractivity contribution in [3.63, 3.8) is 0 Å². The Morgan fingerprint density at radius 2 is 1.84 bits per heavy atom. The number of aryl methyl sites for hydroxylation is 1. The highest BCUT2D eigenvalue weighted by atomic mass is 32.1. The van der Waals surface area contributed by atoms with Gasteiger partial charge in [0.1, 0.15) is 10.9 Å². The molecule has 0 radical (unpaired) electrons. The molecule has 0 aliphatic rings. The molecule has 0 saturated heterocycles. The molecular formula is C22H32N5O3S+. The molecule has 9 heteroatoms. The van der Waals surface area contributed by atoms with Crippen molar-refractivity contribution >= 4 is 40.8 Å². The molecule has 0 spiro atoms. The zero-order chi connectivity index (χ0) is 23.4. The second kappa shape index (κ2) is 13.4. The topological polar surface area (TPSA) is 124 Å². The molecule has 31 heavy (non-hydrogen) atoms. The van der Waals surface area contributed by atoms with Gasteiger partial charge in [-0.1, -0.05) is 19.9 Å². The number of aliphatic hydroxyl groups excluding tert-OH is 1. The number of aliphatic hydroxyl groups is 1. The molecule has 0 saturated carbocycles. The van der Waals surface area contributed by atoms with Crippen LogP contribution in [0.5, 0.6) is 0 Å². The second-order valence-corrected chi connectivity index (χ2v) is 7.03. The van der Waals surface area contributed by atoms with Gasteiger partial charge in [0.05, 0.1) is 0 Å². The van der Waals surface area contributed by atoms with Crippen LogP contribution >= 0.6 is 12.6 Å². The van der Waals surface area contributed by atoms with Gasteiger partial charge in [-0.2, -0.15) is 4.57 Å². The van der Waals surface area contributed by atoms with Crippen molar-refractivity contribution in [2.75, 3.05) is 31.2 Å². The molecule has 0 aliphatic heterocycles. The number of fused-ring (bicyclic) bond motifs is 1. The summed E-state index contributed by atoms with van der Waals surface area (Å²) in [7, 11) is 1.00. The molecule has 1 heterocycles. The van der Waals surface area contributed by atoms with E-state index in [0.717, 1.165) is 30.7 Å². The summed E-state index contributed by atoms with van der Waals surface area (Å²) in [5.74, 6) is -0.290. The average Bonchev–Trinajstić information content (AvgIpc) is 2.75. The maximum Gasteiger partial charge on any atom is 0.345 e. The predicted octanol–water partition coefficient (Wildman–Crippen LogP) is 1.86. The van der Waals surface area contributed by atoms with Gasteiger partial charge in [-0.05, 0) is 49.8 Å². The Labute approximate surface area is 187 Å². The molecule has 1 aromatic heterocycles. The summed E-state index contributed by atoms with van der Waals surface area (Å²) in [5.41, 5.74) is 8.26. The van der Waals surface area contributed by atoms with E-state index in [1.807, 2.05) is 19.1 Å². The highest BCUT2D eigenvalue weighted by Gasteiger charge is 2.14. The van der Waals surface area contributed by atoms with Gasteiger partial charge < -0.3 is 21.5 Å². The molecule has 0 fully saturated rings. The Kier molecular flexibility index (Phi) is 11.3. The number of anilines is 2. The number of nitrogens with zero attached hydrogens (tertiary/aromatic N) is 1. The van der Waals surface area contributed by atoms with E-state index >= 15 is 0 Å². The lowest BCUT2D eigenvalue weighted by Crippen LogP contribution is -2.31. The van der Waals surface area contributed by atoms with Crippen LogP contribution in [0.15, 0.2) is 52.4 Å². The van der Waals surface area contributed by atoms with Crippen LogP contribution in [0.2, 0.25) is 0 Å². The van der Waals surface area contributed by atoms with Gasteiger partial charge in [-0.15, -0.1) is 12.6 Å². The molecule has 0 unspecified atom stereocenters. The number of rotatable bonds is 5. The van der Waals surface area contributed by atoms with Gasteiger partial charge in [-0.25, -0.2) is 9.78 Å². The number of thiol groups is 1. The van der Waals surface area contributed by atoms with Gasteiger partial charge in [0.15, 0.2) is 6.54 Å². The minimum atomic E-state index is -0.290. The molecule has 8 nitrogen and oxygen atoms in total. The molecule has 2 aromatic carbocycles. The summed E-state index contributed by atoms with van der Waals surface area (Å²) in [6, 6.07) is 10.5. The number of nitrogens with two attached hydrogens (primary N) is 1. The summed E-state index contributed by atoms with van der Waals surface area (Å²) >= 11 is 4.27. The molecule has 3 rings (SSSR count). The Balaban J connectivity index is 0.000000605. The number of benzene rings is 2. The van der Waals surface area contributed by atoms with Gasteiger partial charge in [0.25, 0.3) is 5.91 Å². The van der Waals surface area contributed by atoms with E-state index in [4.69, 9.17) is 10.8 Å². The third kappa shape index (κ3) is 8.05. The zero-order valence-corrected chi connectivity index (χ0v) is 19.3. The standard InChI is InChI=1S/C17H16N4O2S.C4H11N.CH4O/c1-10-2-4-12(24)7-14(10)20-16(22)8-21-9-19-15-6-11(18)3-5-13(15)17(21)23;1-3-5-4-2;1-2/h2-7,9,24H,8,18H2,1H3,(H,20,22);5H,3-4H2,1-2H3;2H,1H3/p+1. The number of carbonyl (C=O) groups excluding carboxylic acids is 1. The Morgan fingerprint density at radius 3 is 2.45 bits per heavy atom. The largest absolute Gasteiger partial charge is 0.400 e. The van der Waals surface area contributed by atoms with Crippen molar-refractivity contribution in [1.29, 1.82) is 0 Å². The quantitative estimate of drug-likeness (QED) is 0.302. The first-order valence-corrected chi connectivity index (χ1v) is 10.4. The molecule has 1 amide bonds. The lowest BCUT2D eigenvalue weighted by atomic mass is 10.2. The molecule has 6 N–H and O–H groups in total. The van der Waals surface area contributed by atoms with Crippen LogP contribution in [0.1, 0.15) is 19.4 Å². The fraction of sp³-hybridized carbons (Fsp3) is 0.318. The maximum atomic E-state index is 12.5. The van der Waals surface area contributed by atoms with Crippen molar-refractivity contribution in [2.24, 2.45) is 0 Å². The number of hydrogen-bond donors (Lipinski definition) is 5. The lowest BCUT2D eigenvalue weighted by molar-refractivity contribution is -0.353. The van der Waals surface area contributed by atoms with Crippen molar-refractivity contribution in [3.05, 3.63) is 58.6 Å². The van der Waals surface area contributed by atoms with Crippen LogP contribution in [-0.2, 0) is 11.3 Å². The average molecular weight is 447 g/mol. The maximum absolute atomic E-state index is 12.5. The van der Waals surface area contributed by atoms with E-state index in [2.05, 4.69) is 42.1 Å². The first-order chi connectivity index (χ1) is 14.8. The normalized spacial score (nSPS) is 9.87. The van der Waals surface area contributed by atoms with Crippen LogP contribution in [0.4, 0.5) is 11.4 Å². The van der Waals surface area contributed by atoms with Gasteiger partial charge in [0.2, 0.25) is 6.33 Å². The van der Waals surface area contributed by atoms with E-state index in [0.29, 0.717) is 22.3 Å². The van der Waals surface area contributed by atoms with Gasteiger partial charge in [-0.3, -0.25) is 4.79 Å². The fourth-order valence-corrected chi connectivity index (χ4v) is 2.89. The molecule has 0 aliphatic carbocycles. The van der Waals surface area contributed by atoms with E-state index in [9.17, 15) is 9.59 Å². The summed E-state index contributed by atoms with van der Waals surface area (Å²) in [6.45, 7) is 8.19. The SMILES string of the molecule is CCNCC.CO.Cc1ccc(S)cc1NC(=O)Cn1c[nH+]c2cc(N)ccc2c1=O. The molecule has 0 bridgehead atoms. The summed E-state index contributed by atoms with van der Waals surface area (Å²) in [6.07, 6.45) is 1.48. The van der Waals surface area contributed by atoms with Crippen LogP contribution in [0, 0.1) is 6.92 Å². The van der Waals surface area contributed by atoms with Crippen LogP contribution < -0.4 is 26.9 Å². The summed E-state index contributed by atoms with van der Waals surface area (Å²) in [4.78, 5) is 28.5. The summed E-state index contributed by atoms with van der Waals surface area (Å²) < 4.78 is 1.33. The van der Waals surface area contributed by atoms with E-state index in [1.54, 1.807) is 24.3 Å². The number of nitrogens with one attached hydrogen (secondary N) is 3. The lowest BCUT2D eigenvalue weighted by Gasteiger charge is -2.08. The minimum Gasteiger partial charge on any atom is -0.400 e. The smallest absolute Gasteiger partial charge is 0.345 e. The van der Waals surface area contributed by atoms with Crippen molar-refractivity contribution < 1.29 is 14.9 Å². The van der Waals surface area contributed by atoms with E-state index in [1.165, 1.54) is 10.9 Å². The molecule has 168 valence electrons. The fourth-order valence-electron chi connectivity index (χ4n) is 2.69. The van der Waals surface area contributed by atoms with E-state index in [-0.39, 0.29) is 18.0 Å². The Bertz CT molecular complexity index is 1050. The number of carbonyl (C=O) groups is 1. The molecular weight excluding hydrogens is 414 g/mol. The van der Waals surface area contributed by atoms with Crippen molar-refractivity contribution in [1.82, 2.24) is 9.88 Å². The van der Waals surface area contributed by atoms with Crippen LogP contribution in [0.3, 0.4) is 0 Å². The first-order valence-electron chi connectivity index (χ1n) is 9.91. The summed E-state index contributed by atoms with van der Waals surface area (Å²) in [5, 5.41) is 13.4. The monoisotopic (exact) mass is 446 g/mol. The predicted molar refractivity (Wildman–Crippen MR) is 129 cm³/mol. The highest BCUT2D eigenvalue weighted by Crippen LogP contribution is 2.19. The number of amides is 1. The van der Waals surface area contributed by atoms with Crippen LogP contribution in [0.25, 0.3) is 10.9 Å². The van der Waals surface area contributed by atoms with E-state index < -0.39 is 0 Å². The first kappa shape index (κ1) is 26.2. The van der Waals surface area contributed by atoms with Gasteiger partial charge >= 0.3 is 5.56 Å². The second-order valence-electron chi connectivity index (χ2n) is 6.52. The Hall–Kier alpha value is -2.88. The number of aromatic nitrogens is 2. The number of nitrogen functional groups attached to an aromatic ring is 1. The van der Waals surface area contributed by atoms with Crippen molar-refractivity contribution in [2.45, 2.75) is 32.2 Å².